The Bertz CT molecular complexity index is 763. The van der Waals surface area contributed by atoms with Crippen molar-refractivity contribution in [3.05, 3.63) is 46.7 Å². The zero-order chi connectivity index (χ0) is 17.9. The van der Waals surface area contributed by atoms with E-state index in [1.807, 2.05) is 46.7 Å². The van der Waals surface area contributed by atoms with E-state index in [-0.39, 0.29) is 11.9 Å². The number of benzene rings is 1. The highest BCUT2D eigenvalue weighted by atomic mass is 32.1. The van der Waals surface area contributed by atoms with E-state index in [9.17, 15) is 9.59 Å². The van der Waals surface area contributed by atoms with E-state index in [1.54, 1.807) is 0 Å². The van der Waals surface area contributed by atoms with Crippen LogP contribution in [0.2, 0.25) is 0 Å². The van der Waals surface area contributed by atoms with E-state index >= 15 is 0 Å². The third kappa shape index (κ3) is 3.99. The summed E-state index contributed by atoms with van der Waals surface area (Å²) in [4.78, 5) is 29.2. The van der Waals surface area contributed by atoms with Gasteiger partial charge in [0.05, 0.1) is 4.88 Å². The lowest BCUT2D eigenvalue weighted by molar-refractivity contribution is 0.0751. The first kappa shape index (κ1) is 16.9. The first-order valence-corrected chi connectivity index (χ1v) is 9.82. The zero-order valence-electron chi connectivity index (χ0n) is 14.5. The number of hydrogen-bond donors (Lipinski definition) is 2. The van der Waals surface area contributed by atoms with Crippen molar-refractivity contribution in [3.63, 3.8) is 0 Å². The molecule has 26 heavy (non-hydrogen) atoms. The second kappa shape index (κ2) is 7.37. The Hall–Kier alpha value is -2.54. The lowest BCUT2D eigenvalue weighted by Gasteiger charge is -2.36. The van der Waals surface area contributed by atoms with Gasteiger partial charge in [0.15, 0.2) is 0 Å². The predicted octanol–water partition coefficient (Wildman–Crippen LogP) is 2.99. The molecule has 2 aromatic rings. The summed E-state index contributed by atoms with van der Waals surface area (Å²) in [6.45, 7) is 3.07. The summed E-state index contributed by atoms with van der Waals surface area (Å²) in [5.41, 5.74) is 1.90. The third-order valence-electron chi connectivity index (χ3n) is 4.70. The van der Waals surface area contributed by atoms with Gasteiger partial charge in [0.2, 0.25) is 0 Å². The Kier molecular flexibility index (Phi) is 4.79. The standard InChI is InChI=1S/C19H22N4O2S/c24-18(17-2-1-13-26-17)23-11-9-22(10-12-23)16-7-5-15(6-8-16)21-19(25)20-14-3-4-14/h1-2,5-8,13-14H,3-4,9-12H2,(H2,20,21,25). The number of hydrogen-bond acceptors (Lipinski definition) is 4. The average molecular weight is 370 g/mol. The number of urea groups is 1. The fourth-order valence-corrected chi connectivity index (χ4v) is 3.75. The predicted molar refractivity (Wildman–Crippen MR) is 104 cm³/mol. The molecular weight excluding hydrogens is 348 g/mol. The highest BCUT2D eigenvalue weighted by molar-refractivity contribution is 7.12. The van der Waals surface area contributed by atoms with Gasteiger partial charge in [0, 0.05) is 43.6 Å². The number of carbonyl (C=O) groups excluding carboxylic acids is 2. The first-order valence-electron chi connectivity index (χ1n) is 8.94. The van der Waals surface area contributed by atoms with Crippen LogP contribution in [-0.4, -0.2) is 49.1 Å². The van der Waals surface area contributed by atoms with Gasteiger partial charge in [-0.25, -0.2) is 4.79 Å². The number of rotatable bonds is 4. The van der Waals surface area contributed by atoms with Crippen LogP contribution in [0, 0.1) is 0 Å². The Labute approximate surface area is 156 Å². The van der Waals surface area contributed by atoms with Crippen LogP contribution in [0.1, 0.15) is 22.5 Å². The van der Waals surface area contributed by atoms with Crippen molar-refractivity contribution in [2.45, 2.75) is 18.9 Å². The van der Waals surface area contributed by atoms with Crippen molar-refractivity contribution in [3.8, 4) is 0 Å². The minimum atomic E-state index is -0.138. The molecule has 0 spiro atoms. The van der Waals surface area contributed by atoms with Gasteiger partial charge in [-0.2, -0.15) is 0 Å². The van der Waals surface area contributed by atoms with Crippen LogP contribution in [0.15, 0.2) is 41.8 Å². The summed E-state index contributed by atoms with van der Waals surface area (Å²) in [5, 5.41) is 7.71. The maximum absolute atomic E-state index is 12.4. The van der Waals surface area contributed by atoms with Crippen molar-refractivity contribution in [2.24, 2.45) is 0 Å². The molecule has 1 aromatic heterocycles. The van der Waals surface area contributed by atoms with Crippen molar-refractivity contribution in [1.29, 1.82) is 0 Å². The van der Waals surface area contributed by atoms with Crippen molar-refractivity contribution in [1.82, 2.24) is 10.2 Å². The second-order valence-electron chi connectivity index (χ2n) is 6.68. The van der Waals surface area contributed by atoms with Gasteiger partial charge in [-0.1, -0.05) is 6.07 Å². The van der Waals surface area contributed by atoms with Crippen LogP contribution in [0.25, 0.3) is 0 Å². The molecule has 2 fully saturated rings. The van der Waals surface area contributed by atoms with Gasteiger partial charge in [0.25, 0.3) is 5.91 Å². The Morgan fingerprint density at radius 2 is 1.73 bits per heavy atom. The molecule has 2 heterocycles. The summed E-state index contributed by atoms with van der Waals surface area (Å²) in [6.07, 6.45) is 2.15. The molecule has 3 amide bonds. The molecule has 1 aliphatic carbocycles. The smallest absolute Gasteiger partial charge is 0.319 e. The van der Waals surface area contributed by atoms with Crippen LogP contribution >= 0.6 is 11.3 Å². The normalized spacial score (nSPS) is 17.1. The third-order valence-corrected chi connectivity index (χ3v) is 5.56. The molecule has 1 aliphatic heterocycles. The monoisotopic (exact) mass is 370 g/mol. The van der Waals surface area contributed by atoms with Crippen molar-refractivity contribution < 1.29 is 9.59 Å². The van der Waals surface area contributed by atoms with Gasteiger partial charge >= 0.3 is 6.03 Å². The fraction of sp³-hybridized carbons (Fsp3) is 0.368. The Morgan fingerprint density at radius 3 is 2.35 bits per heavy atom. The molecular formula is C19H22N4O2S. The molecule has 1 saturated carbocycles. The van der Waals surface area contributed by atoms with Gasteiger partial charge in [-0.05, 0) is 48.6 Å². The summed E-state index contributed by atoms with van der Waals surface area (Å²) in [5.74, 6) is 0.126. The van der Waals surface area contributed by atoms with Crippen LogP contribution < -0.4 is 15.5 Å². The molecule has 7 heteroatoms. The van der Waals surface area contributed by atoms with E-state index < -0.39 is 0 Å². The number of piperazine rings is 1. The lowest BCUT2D eigenvalue weighted by Crippen LogP contribution is -2.48. The van der Waals surface area contributed by atoms with Gasteiger partial charge in [-0.3, -0.25) is 4.79 Å². The molecule has 0 atom stereocenters. The molecule has 2 aliphatic rings. The SMILES string of the molecule is O=C(Nc1ccc(N2CCN(C(=O)c3cccs3)CC2)cc1)NC1CC1. The second-order valence-corrected chi connectivity index (χ2v) is 7.62. The minimum Gasteiger partial charge on any atom is -0.368 e. The highest BCUT2D eigenvalue weighted by Crippen LogP contribution is 2.22. The number of amides is 3. The molecule has 2 N–H and O–H groups in total. The maximum atomic E-state index is 12.4. The molecule has 6 nitrogen and oxygen atoms in total. The maximum Gasteiger partial charge on any atom is 0.319 e. The van der Waals surface area contributed by atoms with Gasteiger partial charge in [0.1, 0.15) is 0 Å². The number of carbonyl (C=O) groups is 2. The Balaban J connectivity index is 1.30. The van der Waals surface area contributed by atoms with E-state index in [2.05, 4.69) is 15.5 Å². The minimum absolute atomic E-state index is 0.126. The fourth-order valence-electron chi connectivity index (χ4n) is 3.06. The summed E-state index contributed by atoms with van der Waals surface area (Å²) < 4.78 is 0. The molecule has 0 unspecified atom stereocenters. The molecule has 0 radical (unpaired) electrons. The van der Waals surface area contributed by atoms with Crippen LogP contribution in [0.4, 0.5) is 16.2 Å². The topological polar surface area (TPSA) is 64.7 Å². The average Bonchev–Trinajstić information content (AvgIpc) is 3.30. The van der Waals surface area contributed by atoms with E-state index in [0.717, 1.165) is 55.3 Å². The van der Waals surface area contributed by atoms with Crippen LogP contribution in [0.3, 0.4) is 0 Å². The summed E-state index contributed by atoms with van der Waals surface area (Å²) in [6, 6.07) is 11.9. The van der Waals surface area contributed by atoms with Crippen LogP contribution in [0.5, 0.6) is 0 Å². The lowest BCUT2D eigenvalue weighted by atomic mass is 10.2. The zero-order valence-corrected chi connectivity index (χ0v) is 15.3. The van der Waals surface area contributed by atoms with Gasteiger partial charge < -0.3 is 20.4 Å². The molecule has 1 aromatic carbocycles. The van der Waals surface area contributed by atoms with Crippen molar-refractivity contribution in [2.75, 3.05) is 36.4 Å². The molecule has 1 saturated heterocycles. The quantitative estimate of drug-likeness (QED) is 0.870. The molecule has 136 valence electrons. The number of nitrogens with zero attached hydrogens (tertiary/aromatic N) is 2. The molecule has 4 rings (SSSR count). The highest BCUT2D eigenvalue weighted by Gasteiger charge is 2.24. The van der Waals surface area contributed by atoms with E-state index in [1.165, 1.54) is 11.3 Å². The van der Waals surface area contributed by atoms with E-state index in [0.29, 0.717) is 6.04 Å². The Morgan fingerprint density at radius 1 is 1.00 bits per heavy atom. The van der Waals surface area contributed by atoms with Crippen molar-refractivity contribution >= 4 is 34.6 Å². The van der Waals surface area contributed by atoms with Crippen LogP contribution in [-0.2, 0) is 0 Å². The largest absolute Gasteiger partial charge is 0.368 e. The number of nitrogens with one attached hydrogen (secondary N) is 2. The number of anilines is 2. The summed E-state index contributed by atoms with van der Waals surface area (Å²) >= 11 is 1.49. The molecule has 0 bridgehead atoms. The summed E-state index contributed by atoms with van der Waals surface area (Å²) in [7, 11) is 0. The van der Waals surface area contributed by atoms with E-state index in [4.69, 9.17) is 0 Å². The van der Waals surface area contributed by atoms with Gasteiger partial charge in [-0.15, -0.1) is 11.3 Å². The first-order chi connectivity index (χ1) is 12.7. The number of thiophene rings is 1.